The molecule has 1 aliphatic rings. The second-order valence-electron chi connectivity index (χ2n) is 3.74. The summed E-state index contributed by atoms with van der Waals surface area (Å²) in [7, 11) is 5.76. The fourth-order valence-corrected chi connectivity index (χ4v) is 2.26. The molecule has 1 aromatic carbocycles. The number of hydrogen-bond donors (Lipinski definition) is 1. The van der Waals surface area contributed by atoms with Crippen molar-refractivity contribution in [2.75, 3.05) is 0 Å². The zero-order chi connectivity index (χ0) is 8.84. The van der Waals surface area contributed by atoms with E-state index in [0.717, 1.165) is 5.46 Å². The predicted molar refractivity (Wildman–Crippen MR) is 55.7 cm³/mol. The van der Waals surface area contributed by atoms with Crippen LogP contribution in [-0.2, 0) is 12.8 Å². The molecule has 62 valence electrons. The minimum absolute atomic E-state index is 0.862. The van der Waals surface area contributed by atoms with Gasteiger partial charge in [-0.15, -0.1) is 0 Å². The Hall–Kier alpha value is -1.18. The molecule has 2 aromatic rings. The molecule has 1 aliphatic carbocycles. The molecule has 0 unspecified atom stereocenters. The van der Waals surface area contributed by atoms with Crippen LogP contribution in [0.2, 0.25) is 0 Å². The van der Waals surface area contributed by atoms with Crippen molar-refractivity contribution in [1.29, 1.82) is 0 Å². The van der Waals surface area contributed by atoms with Gasteiger partial charge in [0.25, 0.3) is 0 Å². The van der Waals surface area contributed by atoms with Gasteiger partial charge in [-0.1, -0.05) is 17.6 Å². The first-order valence-electron chi connectivity index (χ1n) is 4.73. The van der Waals surface area contributed by atoms with Gasteiger partial charge < -0.3 is 4.98 Å². The maximum Gasteiger partial charge on any atom is 0.113 e. The summed E-state index contributed by atoms with van der Waals surface area (Å²) in [6.07, 6.45) is 3.69. The van der Waals surface area contributed by atoms with Gasteiger partial charge in [0.2, 0.25) is 0 Å². The minimum Gasteiger partial charge on any atom is -0.358 e. The average Bonchev–Trinajstić information content (AvgIpc) is 2.64. The number of aryl methyl sites for hydroxylation is 2. The molecule has 1 N–H and O–H groups in total. The highest BCUT2D eigenvalue weighted by Crippen LogP contribution is 2.28. The van der Waals surface area contributed by atoms with Crippen molar-refractivity contribution in [3.8, 4) is 0 Å². The minimum atomic E-state index is 0.862. The van der Waals surface area contributed by atoms with E-state index in [-0.39, 0.29) is 0 Å². The summed E-state index contributed by atoms with van der Waals surface area (Å²) in [6.45, 7) is 0. The predicted octanol–water partition coefficient (Wildman–Crippen LogP) is 1.45. The van der Waals surface area contributed by atoms with E-state index in [1.54, 1.807) is 0 Å². The lowest BCUT2D eigenvalue weighted by atomic mass is 9.94. The monoisotopic (exact) mass is 167 g/mol. The Morgan fingerprint density at radius 3 is 3.08 bits per heavy atom. The first-order chi connectivity index (χ1) is 6.34. The number of rotatable bonds is 0. The van der Waals surface area contributed by atoms with E-state index in [4.69, 9.17) is 7.85 Å². The van der Waals surface area contributed by atoms with E-state index in [2.05, 4.69) is 17.1 Å². The van der Waals surface area contributed by atoms with Crippen LogP contribution in [0.15, 0.2) is 18.2 Å². The Bertz CT molecular complexity index is 470. The summed E-state index contributed by atoms with van der Waals surface area (Å²) >= 11 is 0. The van der Waals surface area contributed by atoms with E-state index >= 15 is 0 Å². The summed E-state index contributed by atoms with van der Waals surface area (Å²) < 4.78 is 0. The van der Waals surface area contributed by atoms with Gasteiger partial charge in [-0.3, -0.25) is 0 Å². The number of benzene rings is 1. The molecule has 1 nitrogen and oxygen atoms in total. The first-order valence-corrected chi connectivity index (χ1v) is 4.73. The highest BCUT2D eigenvalue weighted by Gasteiger charge is 2.15. The van der Waals surface area contributed by atoms with Crippen molar-refractivity contribution >= 4 is 24.2 Å². The summed E-state index contributed by atoms with van der Waals surface area (Å²) in [5.74, 6) is 0. The lowest BCUT2D eigenvalue weighted by molar-refractivity contribution is 0.899. The zero-order valence-corrected chi connectivity index (χ0v) is 7.43. The zero-order valence-electron chi connectivity index (χ0n) is 7.43. The topological polar surface area (TPSA) is 15.8 Å². The molecule has 2 heteroatoms. The van der Waals surface area contributed by atoms with Crippen molar-refractivity contribution in [3.05, 3.63) is 29.5 Å². The molecule has 0 fully saturated rings. The third-order valence-electron chi connectivity index (χ3n) is 2.87. The second-order valence-corrected chi connectivity index (χ2v) is 3.74. The van der Waals surface area contributed by atoms with Crippen LogP contribution in [-0.4, -0.2) is 12.8 Å². The molecule has 0 aliphatic heterocycles. The second kappa shape index (κ2) is 2.41. The Balaban J connectivity index is 2.40. The molecule has 0 amide bonds. The maximum absolute atomic E-state index is 5.76. The van der Waals surface area contributed by atoms with Crippen molar-refractivity contribution < 1.29 is 0 Å². The van der Waals surface area contributed by atoms with Crippen LogP contribution >= 0.6 is 0 Å². The Kier molecular flexibility index (Phi) is 1.34. The molecular weight excluding hydrogens is 157 g/mol. The van der Waals surface area contributed by atoms with E-state index in [0.29, 0.717) is 0 Å². The summed E-state index contributed by atoms with van der Waals surface area (Å²) in [5.41, 5.74) is 5.00. The molecule has 2 radical (unpaired) electrons. The summed E-state index contributed by atoms with van der Waals surface area (Å²) in [6, 6.07) is 6.10. The molecule has 0 atom stereocenters. The Morgan fingerprint density at radius 1 is 1.23 bits per heavy atom. The van der Waals surface area contributed by atoms with E-state index in [1.165, 1.54) is 41.4 Å². The van der Waals surface area contributed by atoms with Gasteiger partial charge in [0, 0.05) is 16.6 Å². The molecule has 0 saturated heterocycles. The molecule has 0 saturated carbocycles. The smallest absolute Gasteiger partial charge is 0.113 e. The fourth-order valence-electron chi connectivity index (χ4n) is 2.26. The SMILES string of the molecule is [B]c1ccc2[nH]c3c(c2c1)CCC3. The van der Waals surface area contributed by atoms with Gasteiger partial charge in [-0.25, -0.2) is 0 Å². The van der Waals surface area contributed by atoms with Crippen molar-refractivity contribution in [3.63, 3.8) is 0 Å². The van der Waals surface area contributed by atoms with E-state index in [1.807, 2.05) is 6.07 Å². The van der Waals surface area contributed by atoms with Crippen LogP contribution in [0.4, 0.5) is 0 Å². The summed E-state index contributed by atoms with van der Waals surface area (Å²) in [4.78, 5) is 3.45. The highest BCUT2D eigenvalue weighted by molar-refractivity contribution is 6.33. The van der Waals surface area contributed by atoms with Gasteiger partial charge in [-0.05, 0) is 30.9 Å². The Morgan fingerprint density at radius 2 is 2.15 bits per heavy atom. The van der Waals surface area contributed by atoms with Crippen LogP contribution in [0.25, 0.3) is 10.9 Å². The van der Waals surface area contributed by atoms with E-state index in [9.17, 15) is 0 Å². The van der Waals surface area contributed by atoms with Gasteiger partial charge in [-0.2, -0.15) is 0 Å². The quantitative estimate of drug-likeness (QED) is 0.571. The summed E-state index contributed by atoms with van der Waals surface area (Å²) in [5, 5.41) is 1.33. The van der Waals surface area contributed by atoms with Crippen LogP contribution in [0.5, 0.6) is 0 Å². The van der Waals surface area contributed by atoms with Crippen LogP contribution in [0.1, 0.15) is 17.7 Å². The van der Waals surface area contributed by atoms with Crippen LogP contribution in [0, 0.1) is 0 Å². The third-order valence-corrected chi connectivity index (χ3v) is 2.87. The van der Waals surface area contributed by atoms with Gasteiger partial charge in [0.05, 0.1) is 0 Å². The average molecular weight is 167 g/mol. The molecule has 0 bridgehead atoms. The fraction of sp³-hybridized carbons (Fsp3) is 0.273. The molecule has 0 spiro atoms. The number of hydrogen-bond acceptors (Lipinski definition) is 0. The lowest BCUT2D eigenvalue weighted by Crippen LogP contribution is -1.99. The standard InChI is InChI=1S/C11H10BN/c12-7-4-5-11-9(6-7)8-2-1-3-10(8)13-11/h4-6,13H,1-3H2. The van der Waals surface area contributed by atoms with Gasteiger partial charge >= 0.3 is 0 Å². The number of fused-ring (bicyclic) bond motifs is 3. The van der Waals surface area contributed by atoms with Crippen molar-refractivity contribution in [2.45, 2.75) is 19.3 Å². The lowest BCUT2D eigenvalue weighted by Gasteiger charge is -1.95. The maximum atomic E-state index is 5.76. The Labute approximate surface area is 78.6 Å². The van der Waals surface area contributed by atoms with E-state index < -0.39 is 0 Å². The molecule has 13 heavy (non-hydrogen) atoms. The number of H-pyrrole nitrogens is 1. The molecule has 3 rings (SSSR count). The normalized spacial score (nSPS) is 15.1. The first kappa shape index (κ1) is 7.25. The van der Waals surface area contributed by atoms with Crippen LogP contribution < -0.4 is 5.46 Å². The van der Waals surface area contributed by atoms with Gasteiger partial charge in [0.1, 0.15) is 7.85 Å². The third kappa shape index (κ3) is 0.948. The van der Waals surface area contributed by atoms with Gasteiger partial charge in [0.15, 0.2) is 0 Å². The highest BCUT2D eigenvalue weighted by atomic mass is 14.7. The van der Waals surface area contributed by atoms with Crippen LogP contribution in [0.3, 0.4) is 0 Å². The van der Waals surface area contributed by atoms with Crippen molar-refractivity contribution in [2.24, 2.45) is 0 Å². The number of nitrogens with one attached hydrogen (secondary N) is 1. The molecule has 1 heterocycles. The molecular formula is C11H10BN. The number of aromatic nitrogens is 1. The largest absolute Gasteiger partial charge is 0.358 e. The number of aromatic amines is 1. The van der Waals surface area contributed by atoms with Crippen molar-refractivity contribution in [1.82, 2.24) is 4.98 Å². The molecule has 1 aromatic heterocycles.